The molecule has 4 nitrogen and oxygen atoms in total. The molecule has 0 spiro atoms. The van der Waals surface area contributed by atoms with E-state index < -0.39 is 0 Å². The van der Waals surface area contributed by atoms with Gasteiger partial charge in [-0.2, -0.15) is 0 Å². The van der Waals surface area contributed by atoms with Crippen LogP contribution >= 0.6 is 0 Å². The zero-order chi connectivity index (χ0) is 16.7. The molecule has 0 N–H and O–H groups in total. The number of likely N-dealkylation sites (tertiary alicyclic amines) is 1. The third-order valence-electron chi connectivity index (χ3n) is 5.87. The van der Waals surface area contributed by atoms with Crippen LogP contribution in [0, 0.1) is 19.8 Å². The quantitative estimate of drug-likeness (QED) is 0.837. The van der Waals surface area contributed by atoms with Crippen LogP contribution in [0.1, 0.15) is 56.0 Å². The maximum atomic E-state index is 12.6. The number of carbonyl (C=O) groups excluding carboxylic acids is 1. The van der Waals surface area contributed by atoms with Crippen molar-refractivity contribution < 1.29 is 4.79 Å². The van der Waals surface area contributed by atoms with Crippen molar-refractivity contribution in [3.63, 3.8) is 0 Å². The first-order valence-electron chi connectivity index (χ1n) is 9.37. The molecule has 0 unspecified atom stereocenters. The number of carbonyl (C=O) groups is 1. The molecule has 0 atom stereocenters. The fourth-order valence-electron chi connectivity index (χ4n) is 4.56. The SMILES string of the molecule is Cc1ccc2nc(C)n(C3CCN(C(=O)C4CCCC4)CC3)c2c1. The molecule has 0 bridgehead atoms. The number of fused-ring (bicyclic) bond motifs is 1. The zero-order valence-corrected chi connectivity index (χ0v) is 14.8. The number of imidazole rings is 1. The van der Waals surface area contributed by atoms with Crippen LogP contribution in [-0.2, 0) is 4.79 Å². The predicted molar refractivity (Wildman–Crippen MR) is 96.0 cm³/mol. The van der Waals surface area contributed by atoms with Crippen LogP contribution < -0.4 is 0 Å². The second kappa shape index (κ2) is 6.23. The molecule has 128 valence electrons. The summed E-state index contributed by atoms with van der Waals surface area (Å²) in [6.07, 6.45) is 6.74. The molecule has 1 saturated heterocycles. The topological polar surface area (TPSA) is 38.1 Å². The standard InChI is InChI=1S/C20H27N3O/c1-14-7-8-18-19(13-14)23(15(2)21-18)17-9-11-22(12-10-17)20(24)16-5-3-4-6-16/h7-8,13,16-17H,3-6,9-12H2,1-2H3. The minimum absolute atomic E-state index is 0.306. The van der Waals surface area contributed by atoms with Gasteiger partial charge in [0.2, 0.25) is 5.91 Å². The van der Waals surface area contributed by atoms with Crippen molar-refractivity contribution in [2.45, 2.75) is 58.4 Å². The van der Waals surface area contributed by atoms with Crippen LogP contribution in [0.5, 0.6) is 0 Å². The number of benzene rings is 1. The molecule has 1 amide bonds. The van der Waals surface area contributed by atoms with Gasteiger partial charge in [0.1, 0.15) is 5.82 Å². The summed E-state index contributed by atoms with van der Waals surface area (Å²) in [5, 5.41) is 0. The third-order valence-corrected chi connectivity index (χ3v) is 5.87. The summed E-state index contributed by atoms with van der Waals surface area (Å²) in [7, 11) is 0. The van der Waals surface area contributed by atoms with Crippen molar-refractivity contribution >= 4 is 16.9 Å². The van der Waals surface area contributed by atoms with Crippen LogP contribution in [-0.4, -0.2) is 33.4 Å². The summed E-state index contributed by atoms with van der Waals surface area (Å²) >= 11 is 0. The molecule has 4 rings (SSSR count). The highest BCUT2D eigenvalue weighted by Gasteiger charge is 2.31. The van der Waals surface area contributed by atoms with Crippen molar-refractivity contribution in [3.05, 3.63) is 29.6 Å². The van der Waals surface area contributed by atoms with E-state index >= 15 is 0 Å². The molecule has 1 aliphatic carbocycles. The molecule has 4 heteroatoms. The van der Waals surface area contributed by atoms with E-state index in [1.807, 2.05) is 0 Å². The number of rotatable bonds is 2. The molecule has 2 aromatic rings. The Balaban J connectivity index is 1.51. The van der Waals surface area contributed by atoms with Gasteiger partial charge in [0, 0.05) is 25.0 Å². The van der Waals surface area contributed by atoms with Gasteiger partial charge in [-0.05, 0) is 57.2 Å². The number of hydrogen-bond donors (Lipinski definition) is 0. The molecule has 2 aliphatic rings. The number of aromatic nitrogens is 2. The van der Waals surface area contributed by atoms with E-state index in [-0.39, 0.29) is 0 Å². The fraction of sp³-hybridized carbons (Fsp3) is 0.600. The highest BCUT2D eigenvalue weighted by Crippen LogP contribution is 2.32. The van der Waals surface area contributed by atoms with Crippen molar-refractivity contribution in [2.75, 3.05) is 13.1 Å². The fourth-order valence-corrected chi connectivity index (χ4v) is 4.56. The van der Waals surface area contributed by atoms with Gasteiger partial charge in [0.25, 0.3) is 0 Å². The van der Waals surface area contributed by atoms with E-state index in [0.29, 0.717) is 17.9 Å². The Morgan fingerprint density at radius 3 is 2.50 bits per heavy atom. The largest absolute Gasteiger partial charge is 0.342 e. The summed E-state index contributed by atoms with van der Waals surface area (Å²) in [5.74, 6) is 1.81. The van der Waals surface area contributed by atoms with E-state index in [1.54, 1.807) is 0 Å². The number of hydrogen-bond acceptors (Lipinski definition) is 2. The number of piperidine rings is 1. The number of nitrogens with zero attached hydrogens (tertiary/aromatic N) is 3. The second-order valence-electron chi connectivity index (χ2n) is 7.56. The second-order valence-corrected chi connectivity index (χ2v) is 7.56. The lowest BCUT2D eigenvalue weighted by molar-refractivity contribution is -0.136. The summed E-state index contributed by atoms with van der Waals surface area (Å²) in [4.78, 5) is 19.5. The molecule has 1 aromatic heterocycles. The van der Waals surface area contributed by atoms with Gasteiger partial charge in [-0.1, -0.05) is 18.9 Å². The molecular formula is C20H27N3O. The summed E-state index contributed by atoms with van der Waals surface area (Å²) < 4.78 is 2.40. The highest BCUT2D eigenvalue weighted by molar-refractivity contribution is 5.79. The Kier molecular flexibility index (Phi) is 4.07. The molecular weight excluding hydrogens is 298 g/mol. The first-order valence-corrected chi connectivity index (χ1v) is 9.37. The minimum Gasteiger partial charge on any atom is -0.342 e. The number of aryl methyl sites for hydroxylation is 2. The molecule has 1 aromatic carbocycles. The summed E-state index contributed by atoms with van der Waals surface area (Å²) in [6.45, 7) is 6.02. The monoisotopic (exact) mass is 325 g/mol. The van der Waals surface area contributed by atoms with Crippen molar-refractivity contribution in [3.8, 4) is 0 Å². The van der Waals surface area contributed by atoms with E-state index in [0.717, 1.165) is 50.1 Å². The average molecular weight is 325 g/mol. The highest BCUT2D eigenvalue weighted by atomic mass is 16.2. The Hall–Kier alpha value is -1.84. The van der Waals surface area contributed by atoms with E-state index in [9.17, 15) is 4.79 Å². The Morgan fingerprint density at radius 1 is 1.08 bits per heavy atom. The first-order chi connectivity index (χ1) is 11.6. The van der Waals surface area contributed by atoms with Crippen molar-refractivity contribution in [2.24, 2.45) is 5.92 Å². The molecule has 2 heterocycles. The van der Waals surface area contributed by atoms with Crippen LogP contribution in [0.3, 0.4) is 0 Å². The molecule has 1 saturated carbocycles. The van der Waals surface area contributed by atoms with Gasteiger partial charge >= 0.3 is 0 Å². The van der Waals surface area contributed by atoms with Gasteiger partial charge in [-0.25, -0.2) is 4.98 Å². The molecule has 0 radical (unpaired) electrons. The lowest BCUT2D eigenvalue weighted by Gasteiger charge is -2.34. The smallest absolute Gasteiger partial charge is 0.225 e. The van der Waals surface area contributed by atoms with Crippen LogP contribution in [0.15, 0.2) is 18.2 Å². The first kappa shape index (κ1) is 15.7. The van der Waals surface area contributed by atoms with Crippen molar-refractivity contribution in [1.82, 2.24) is 14.5 Å². The van der Waals surface area contributed by atoms with Crippen LogP contribution in [0.4, 0.5) is 0 Å². The zero-order valence-electron chi connectivity index (χ0n) is 14.8. The van der Waals surface area contributed by atoms with Gasteiger partial charge < -0.3 is 9.47 Å². The third kappa shape index (κ3) is 2.72. The molecule has 1 aliphatic heterocycles. The summed E-state index contributed by atoms with van der Waals surface area (Å²) in [5.41, 5.74) is 3.60. The number of amides is 1. The maximum Gasteiger partial charge on any atom is 0.225 e. The van der Waals surface area contributed by atoms with E-state index in [1.165, 1.54) is 23.9 Å². The predicted octanol–water partition coefficient (Wildman–Crippen LogP) is 4.01. The maximum absolute atomic E-state index is 12.6. The van der Waals surface area contributed by atoms with E-state index in [4.69, 9.17) is 4.98 Å². The van der Waals surface area contributed by atoms with Gasteiger partial charge in [-0.3, -0.25) is 4.79 Å². The minimum atomic E-state index is 0.306. The van der Waals surface area contributed by atoms with Crippen molar-refractivity contribution in [1.29, 1.82) is 0 Å². The van der Waals surface area contributed by atoms with Gasteiger partial charge in [0.15, 0.2) is 0 Å². The normalized spacial score (nSPS) is 20.2. The lowest BCUT2D eigenvalue weighted by Crippen LogP contribution is -2.41. The lowest BCUT2D eigenvalue weighted by atomic mass is 10.0. The Bertz CT molecular complexity index is 750. The Labute approximate surface area is 143 Å². The molecule has 2 fully saturated rings. The molecule has 24 heavy (non-hydrogen) atoms. The Morgan fingerprint density at radius 2 is 1.79 bits per heavy atom. The average Bonchev–Trinajstić information content (AvgIpc) is 3.21. The van der Waals surface area contributed by atoms with Gasteiger partial charge in [0.05, 0.1) is 11.0 Å². The van der Waals surface area contributed by atoms with Crippen LogP contribution in [0.2, 0.25) is 0 Å². The van der Waals surface area contributed by atoms with Gasteiger partial charge in [-0.15, -0.1) is 0 Å². The van der Waals surface area contributed by atoms with Crippen LogP contribution in [0.25, 0.3) is 11.0 Å². The summed E-state index contributed by atoms with van der Waals surface area (Å²) in [6, 6.07) is 6.95. The van der Waals surface area contributed by atoms with E-state index in [2.05, 4.69) is 41.5 Å².